The largest absolute Gasteiger partial charge is 0.465 e. The first kappa shape index (κ1) is 17.7. The number of hydrogen-bond acceptors (Lipinski definition) is 5. The Kier molecular flexibility index (Phi) is 5.97. The van der Waals surface area contributed by atoms with E-state index in [4.69, 9.17) is 9.15 Å². The SMILES string of the molecule is CC1CN(S(=O)(=O)CCNC(=O)C=Cc2ccco2)CC(C)O1. The van der Waals surface area contributed by atoms with Crippen LogP contribution in [0.3, 0.4) is 0 Å². The van der Waals surface area contributed by atoms with Crippen LogP contribution in [0.15, 0.2) is 28.9 Å². The monoisotopic (exact) mass is 342 g/mol. The molecule has 8 heteroatoms. The molecule has 7 nitrogen and oxygen atoms in total. The number of rotatable bonds is 6. The highest BCUT2D eigenvalue weighted by atomic mass is 32.2. The zero-order valence-corrected chi connectivity index (χ0v) is 14.1. The number of furan rings is 1. The Bertz CT molecular complexity index is 629. The molecular formula is C15H22N2O5S. The van der Waals surface area contributed by atoms with E-state index < -0.39 is 10.0 Å². The average molecular weight is 342 g/mol. The van der Waals surface area contributed by atoms with Gasteiger partial charge in [-0.05, 0) is 32.1 Å². The lowest BCUT2D eigenvalue weighted by Crippen LogP contribution is -2.49. The van der Waals surface area contributed by atoms with E-state index in [9.17, 15) is 13.2 Å². The number of sulfonamides is 1. The number of carbonyl (C=O) groups excluding carboxylic acids is 1. The lowest BCUT2D eigenvalue weighted by atomic mass is 10.3. The minimum Gasteiger partial charge on any atom is -0.465 e. The molecule has 1 saturated heterocycles. The highest BCUT2D eigenvalue weighted by Crippen LogP contribution is 2.14. The van der Waals surface area contributed by atoms with Crippen molar-refractivity contribution in [2.24, 2.45) is 0 Å². The minimum absolute atomic E-state index is 0.0593. The Morgan fingerprint density at radius 3 is 2.70 bits per heavy atom. The molecule has 1 aliphatic rings. The van der Waals surface area contributed by atoms with Crippen molar-refractivity contribution in [3.63, 3.8) is 0 Å². The molecule has 0 radical (unpaired) electrons. The van der Waals surface area contributed by atoms with Gasteiger partial charge in [-0.1, -0.05) is 0 Å². The zero-order valence-electron chi connectivity index (χ0n) is 13.3. The van der Waals surface area contributed by atoms with Crippen molar-refractivity contribution >= 4 is 22.0 Å². The van der Waals surface area contributed by atoms with Gasteiger partial charge in [-0.15, -0.1) is 0 Å². The van der Waals surface area contributed by atoms with Gasteiger partial charge >= 0.3 is 0 Å². The van der Waals surface area contributed by atoms with Gasteiger partial charge in [0.15, 0.2) is 0 Å². The van der Waals surface area contributed by atoms with Crippen molar-refractivity contribution in [2.75, 3.05) is 25.4 Å². The summed E-state index contributed by atoms with van der Waals surface area (Å²) >= 11 is 0. The molecule has 23 heavy (non-hydrogen) atoms. The highest BCUT2D eigenvalue weighted by Gasteiger charge is 2.30. The lowest BCUT2D eigenvalue weighted by molar-refractivity contribution is -0.116. The van der Waals surface area contributed by atoms with Gasteiger partial charge in [0.2, 0.25) is 15.9 Å². The summed E-state index contributed by atoms with van der Waals surface area (Å²) in [6, 6.07) is 3.43. The standard InChI is InChI=1S/C15H22N2O5S/c1-12-10-17(11-13(2)22-12)23(19,20)9-7-16-15(18)6-5-14-4-3-8-21-14/h3-6,8,12-13H,7,9-11H2,1-2H3,(H,16,18). The van der Waals surface area contributed by atoms with E-state index in [1.807, 2.05) is 13.8 Å². The van der Waals surface area contributed by atoms with E-state index in [2.05, 4.69) is 5.32 Å². The molecule has 2 rings (SSSR count). The van der Waals surface area contributed by atoms with Crippen LogP contribution in [0, 0.1) is 0 Å². The lowest BCUT2D eigenvalue weighted by Gasteiger charge is -2.34. The predicted molar refractivity (Wildman–Crippen MR) is 86.1 cm³/mol. The minimum atomic E-state index is -3.41. The molecule has 1 N–H and O–H groups in total. The highest BCUT2D eigenvalue weighted by molar-refractivity contribution is 7.89. The maximum atomic E-state index is 12.3. The van der Waals surface area contributed by atoms with Crippen LogP contribution in [-0.2, 0) is 19.6 Å². The summed E-state index contributed by atoms with van der Waals surface area (Å²) in [7, 11) is -3.41. The van der Waals surface area contributed by atoms with Crippen molar-refractivity contribution in [2.45, 2.75) is 26.1 Å². The van der Waals surface area contributed by atoms with Gasteiger partial charge in [0.05, 0.1) is 24.2 Å². The summed E-state index contributed by atoms with van der Waals surface area (Å²) in [5, 5.41) is 2.56. The van der Waals surface area contributed by atoms with E-state index in [-0.39, 0.29) is 30.4 Å². The molecule has 1 aliphatic heterocycles. The third kappa shape index (κ3) is 5.49. The van der Waals surface area contributed by atoms with E-state index in [0.717, 1.165) is 0 Å². The number of nitrogens with zero attached hydrogens (tertiary/aromatic N) is 1. The fourth-order valence-electron chi connectivity index (χ4n) is 2.39. The van der Waals surface area contributed by atoms with Gasteiger partial charge in [-0.25, -0.2) is 8.42 Å². The molecule has 0 saturated carbocycles. The van der Waals surface area contributed by atoms with Gasteiger partial charge in [-0.2, -0.15) is 4.31 Å². The summed E-state index contributed by atoms with van der Waals surface area (Å²) < 4.78 is 36.6. The van der Waals surface area contributed by atoms with Crippen LogP contribution in [-0.4, -0.2) is 56.2 Å². The molecule has 1 amide bonds. The van der Waals surface area contributed by atoms with E-state index in [1.165, 1.54) is 22.7 Å². The molecule has 2 unspecified atom stereocenters. The number of ether oxygens (including phenoxy) is 1. The third-order valence-electron chi connectivity index (χ3n) is 3.38. The molecule has 1 aromatic heterocycles. The maximum Gasteiger partial charge on any atom is 0.244 e. The average Bonchev–Trinajstić information content (AvgIpc) is 2.97. The van der Waals surface area contributed by atoms with Crippen molar-refractivity contribution in [1.29, 1.82) is 0 Å². The Balaban J connectivity index is 1.79. The van der Waals surface area contributed by atoms with Gasteiger partial charge in [0.25, 0.3) is 0 Å². The summed E-state index contributed by atoms with van der Waals surface area (Å²) in [5.74, 6) is 0.0663. The fraction of sp³-hybridized carbons (Fsp3) is 0.533. The van der Waals surface area contributed by atoms with Crippen LogP contribution in [0.2, 0.25) is 0 Å². The summed E-state index contributed by atoms with van der Waals surface area (Å²) in [6.45, 7) is 4.45. The fourth-order valence-corrected chi connectivity index (χ4v) is 3.89. The van der Waals surface area contributed by atoms with Gasteiger partial charge in [0, 0.05) is 25.7 Å². The Labute approximate surface area is 136 Å². The first-order valence-corrected chi connectivity index (χ1v) is 9.10. The molecule has 0 aliphatic carbocycles. The number of nitrogens with one attached hydrogen (secondary N) is 1. The van der Waals surface area contributed by atoms with E-state index in [1.54, 1.807) is 12.1 Å². The van der Waals surface area contributed by atoms with E-state index in [0.29, 0.717) is 18.8 Å². The molecule has 0 bridgehead atoms. The second kappa shape index (κ2) is 7.76. The summed E-state index contributed by atoms with van der Waals surface area (Å²) in [6.07, 6.45) is 4.09. The molecule has 2 heterocycles. The Morgan fingerprint density at radius 1 is 1.39 bits per heavy atom. The number of carbonyl (C=O) groups is 1. The predicted octanol–water partition coefficient (Wildman–Crippen LogP) is 0.848. The molecule has 1 fully saturated rings. The van der Waals surface area contributed by atoms with Crippen LogP contribution in [0.5, 0.6) is 0 Å². The molecular weight excluding hydrogens is 320 g/mol. The molecule has 1 aromatic rings. The van der Waals surface area contributed by atoms with Crippen molar-refractivity contribution < 1.29 is 22.4 Å². The Morgan fingerprint density at radius 2 is 2.09 bits per heavy atom. The van der Waals surface area contributed by atoms with Crippen molar-refractivity contribution in [3.8, 4) is 0 Å². The first-order chi connectivity index (χ1) is 10.9. The van der Waals surface area contributed by atoms with Crippen LogP contribution in [0.25, 0.3) is 6.08 Å². The maximum absolute atomic E-state index is 12.3. The van der Waals surface area contributed by atoms with Crippen LogP contribution in [0.4, 0.5) is 0 Å². The van der Waals surface area contributed by atoms with Crippen molar-refractivity contribution in [1.82, 2.24) is 9.62 Å². The van der Waals surface area contributed by atoms with Crippen LogP contribution >= 0.6 is 0 Å². The normalized spacial score (nSPS) is 23.2. The number of amides is 1. The number of morpholine rings is 1. The zero-order chi connectivity index (χ0) is 16.9. The second-order valence-corrected chi connectivity index (χ2v) is 7.62. The summed E-state index contributed by atoms with van der Waals surface area (Å²) in [4.78, 5) is 11.6. The Hall–Kier alpha value is -1.64. The van der Waals surface area contributed by atoms with Gasteiger partial charge in [-0.3, -0.25) is 4.79 Å². The first-order valence-electron chi connectivity index (χ1n) is 7.49. The van der Waals surface area contributed by atoms with E-state index >= 15 is 0 Å². The quantitative estimate of drug-likeness (QED) is 0.774. The van der Waals surface area contributed by atoms with Gasteiger partial charge < -0.3 is 14.5 Å². The van der Waals surface area contributed by atoms with Crippen molar-refractivity contribution in [3.05, 3.63) is 30.2 Å². The number of hydrogen-bond donors (Lipinski definition) is 1. The summed E-state index contributed by atoms with van der Waals surface area (Å²) in [5.41, 5.74) is 0. The molecule has 0 aromatic carbocycles. The topological polar surface area (TPSA) is 88.9 Å². The molecule has 128 valence electrons. The van der Waals surface area contributed by atoms with Crippen LogP contribution in [0.1, 0.15) is 19.6 Å². The van der Waals surface area contributed by atoms with Crippen LogP contribution < -0.4 is 5.32 Å². The third-order valence-corrected chi connectivity index (χ3v) is 5.19. The smallest absolute Gasteiger partial charge is 0.244 e. The molecule has 2 atom stereocenters. The second-order valence-electron chi connectivity index (χ2n) is 5.53. The molecule has 0 spiro atoms. The van der Waals surface area contributed by atoms with Gasteiger partial charge in [0.1, 0.15) is 5.76 Å².